The lowest BCUT2D eigenvalue weighted by molar-refractivity contribution is -0.120. The molecule has 1 heterocycles. The number of ketones is 1. The van der Waals surface area contributed by atoms with Crippen LogP contribution >= 0.6 is 0 Å². The average Bonchev–Trinajstić information content (AvgIpc) is 2.56. The number of rotatable bonds is 3. The third kappa shape index (κ3) is 6.01. The Labute approximate surface area is 121 Å². The summed E-state index contributed by atoms with van der Waals surface area (Å²) in [6, 6.07) is 0. The van der Waals surface area contributed by atoms with Crippen LogP contribution in [0.2, 0.25) is 0 Å². The minimum atomic E-state index is -6.09. The van der Waals surface area contributed by atoms with Crippen molar-refractivity contribution >= 4 is 27.7 Å². The number of hydrogen-bond donors (Lipinski definition) is 0. The standard InChI is InChI=1S/C10H18OS.CHF3O3S/c1-4-5-8(11)9-10(2,3)6-7-12-9;2-1(3,4)8(5,6)7/h9H,4-7H2,1-3H3;(H,5,6,7). The smallest absolute Gasteiger partial charge is 0.485 e. The largest absolute Gasteiger partial charge is 0.741 e. The SMILES string of the molecule is CCCC(=O)C1[SH+]CCC1(C)C.O=S(=O)([O-])C(F)(F)F. The average molecular weight is 336 g/mol. The molecule has 0 aromatic heterocycles. The number of carbonyl (C=O) groups is 1. The van der Waals surface area contributed by atoms with Crippen LogP contribution in [-0.2, 0) is 26.7 Å². The molecule has 0 spiro atoms. The van der Waals surface area contributed by atoms with Gasteiger partial charge in [-0.05, 0) is 18.2 Å². The maximum absolute atomic E-state index is 11.7. The maximum atomic E-state index is 11.7. The van der Waals surface area contributed by atoms with Gasteiger partial charge < -0.3 is 4.55 Å². The highest BCUT2D eigenvalue weighted by atomic mass is 32.2. The fraction of sp³-hybridized carbons (Fsp3) is 0.909. The fourth-order valence-corrected chi connectivity index (χ4v) is 3.71. The van der Waals surface area contributed by atoms with Crippen LogP contribution in [0.3, 0.4) is 0 Å². The van der Waals surface area contributed by atoms with Gasteiger partial charge in [0, 0.05) is 18.3 Å². The molecule has 0 N–H and O–H groups in total. The van der Waals surface area contributed by atoms with Crippen molar-refractivity contribution in [1.29, 1.82) is 0 Å². The number of carbonyl (C=O) groups excluding carboxylic acids is 1. The second-order valence-corrected chi connectivity index (χ2v) is 7.86. The third-order valence-electron chi connectivity index (χ3n) is 2.89. The molecule has 1 aliphatic heterocycles. The van der Waals surface area contributed by atoms with Crippen molar-refractivity contribution in [3.05, 3.63) is 0 Å². The topological polar surface area (TPSA) is 74.3 Å². The summed E-state index contributed by atoms with van der Waals surface area (Å²) in [6.45, 7) is 6.53. The van der Waals surface area contributed by atoms with E-state index in [0.29, 0.717) is 11.0 Å². The molecule has 1 fully saturated rings. The molecule has 1 aliphatic rings. The summed E-state index contributed by atoms with van der Waals surface area (Å²) < 4.78 is 58.9. The Hall–Kier alpha value is -0.280. The van der Waals surface area contributed by atoms with Crippen molar-refractivity contribution in [1.82, 2.24) is 0 Å². The Morgan fingerprint density at radius 1 is 1.40 bits per heavy atom. The van der Waals surface area contributed by atoms with Gasteiger partial charge in [0.25, 0.3) is 0 Å². The second-order valence-electron chi connectivity index (χ2n) is 5.16. The monoisotopic (exact) mass is 336 g/mol. The van der Waals surface area contributed by atoms with E-state index in [2.05, 4.69) is 20.8 Å². The van der Waals surface area contributed by atoms with E-state index in [4.69, 9.17) is 13.0 Å². The van der Waals surface area contributed by atoms with Crippen LogP contribution in [0.25, 0.3) is 0 Å². The normalized spacial score (nSPS) is 22.1. The molecular weight excluding hydrogens is 317 g/mol. The molecule has 1 rings (SSSR count). The van der Waals surface area contributed by atoms with Gasteiger partial charge in [0.1, 0.15) is 5.75 Å². The summed E-state index contributed by atoms with van der Waals surface area (Å²) in [7, 11) is -6.09. The predicted molar refractivity (Wildman–Crippen MR) is 71.5 cm³/mol. The molecule has 1 saturated heterocycles. The molecule has 0 aromatic carbocycles. The van der Waals surface area contributed by atoms with Gasteiger partial charge in [-0.1, -0.05) is 20.8 Å². The van der Waals surface area contributed by atoms with E-state index in [1.54, 1.807) is 0 Å². The Bertz CT molecular complexity index is 429. The first-order valence-corrected chi connectivity index (χ1v) is 8.60. The van der Waals surface area contributed by atoms with Crippen LogP contribution in [0.15, 0.2) is 0 Å². The molecule has 0 aliphatic carbocycles. The summed E-state index contributed by atoms with van der Waals surface area (Å²) in [5, 5.41) is 0.331. The number of halogens is 3. The van der Waals surface area contributed by atoms with E-state index in [9.17, 15) is 18.0 Å². The molecule has 0 radical (unpaired) electrons. The van der Waals surface area contributed by atoms with E-state index in [0.717, 1.165) is 12.8 Å². The van der Waals surface area contributed by atoms with Crippen LogP contribution in [0.5, 0.6) is 0 Å². The van der Waals surface area contributed by atoms with Gasteiger partial charge in [0.05, 0.1) is 0 Å². The summed E-state index contributed by atoms with van der Waals surface area (Å²) in [6.07, 6.45) is 3.00. The number of hydrogen-bond acceptors (Lipinski definition) is 4. The van der Waals surface area contributed by atoms with Gasteiger partial charge in [0.15, 0.2) is 21.2 Å². The zero-order valence-electron chi connectivity index (χ0n) is 11.5. The lowest BCUT2D eigenvalue weighted by Crippen LogP contribution is -2.32. The van der Waals surface area contributed by atoms with Gasteiger partial charge in [-0.3, -0.25) is 4.79 Å². The summed E-state index contributed by atoms with van der Waals surface area (Å²) >= 11 is 1.37. The number of alkyl halides is 3. The molecule has 20 heavy (non-hydrogen) atoms. The lowest BCUT2D eigenvalue weighted by Gasteiger charge is -2.19. The highest BCUT2D eigenvalue weighted by Crippen LogP contribution is 2.35. The van der Waals surface area contributed by atoms with E-state index in [-0.39, 0.29) is 5.41 Å². The van der Waals surface area contributed by atoms with Crippen molar-refractivity contribution in [2.45, 2.75) is 50.8 Å². The van der Waals surface area contributed by atoms with E-state index < -0.39 is 15.6 Å². The molecule has 9 heteroatoms. The summed E-state index contributed by atoms with van der Waals surface area (Å²) in [4.78, 5) is 11.7. The van der Waals surface area contributed by atoms with E-state index in [1.807, 2.05) is 0 Å². The Morgan fingerprint density at radius 2 is 1.85 bits per heavy atom. The molecule has 1 unspecified atom stereocenters. The van der Waals surface area contributed by atoms with Crippen LogP contribution in [0.4, 0.5) is 13.2 Å². The highest BCUT2D eigenvalue weighted by Gasteiger charge is 2.45. The summed E-state index contributed by atoms with van der Waals surface area (Å²) in [5.74, 6) is 1.70. The Balaban J connectivity index is 0.000000396. The van der Waals surface area contributed by atoms with Crippen LogP contribution < -0.4 is 0 Å². The van der Waals surface area contributed by atoms with Crippen molar-refractivity contribution in [3.8, 4) is 0 Å². The second kappa shape index (κ2) is 7.13. The molecule has 1 atom stereocenters. The lowest BCUT2D eigenvalue weighted by atomic mass is 9.84. The van der Waals surface area contributed by atoms with Crippen molar-refractivity contribution in [2.75, 3.05) is 5.75 Å². The molecule has 0 amide bonds. The zero-order chi connectivity index (χ0) is 16.2. The third-order valence-corrected chi connectivity index (χ3v) is 5.29. The quantitative estimate of drug-likeness (QED) is 0.342. The molecule has 0 saturated carbocycles. The Morgan fingerprint density at radius 3 is 2.10 bits per heavy atom. The number of Topliss-reactive ketones (excluding diaryl/α,β-unsaturated/α-hetero) is 1. The summed E-state index contributed by atoms with van der Waals surface area (Å²) in [5.41, 5.74) is -5.37. The van der Waals surface area contributed by atoms with E-state index >= 15 is 0 Å². The predicted octanol–water partition coefficient (Wildman–Crippen LogP) is 2.02. The number of thiol groups is 1. The van der Waals surface area contributed by atoms with Crippen molar-refractivity contribution in [3.63, 3.8) is 0 Å². The molecule has 4 nitrogen and oxygen atoms in total. The van der Waals surface area contributed by atoms with Gasteiger partial charge >= 0.3 is 5.51 Å². The van der Waals surface area contributed by atoms with Gasteiger partial charge in [-0.25, -0.2) is 8.42 Å². The minimum absolute atomic E-state index is 0.272. The molecule has 120 valence electrons. The first-order valence-electron chi connectivity index (χ1n) is 6.04. The van der Waals surface area contributed by atoms with E-state index in [1.165, 1.54) is 23.9 Å². The first kappa shape index (κ1) is 19.7. The molecule has 0 bridgehead atoms. The Kier molecular flexibility index (Phi) is 7.03. The molecular formula is C11H19F3O4S2. The first-order chi connectivity index (χ1) is 8.83. The maximum Gasteiger partial charge on any atom is 0.485 e. The van der Waals surface area contributed by atoms with Crippen LogP contribution in [0.1, 0.15) is 40.0 Å². The van der Waals surface area contributed by atoms with Crippen molar-refractivity contribution in [2.24, 2.45) is 5.41 Å². The fourth-order valence-electron chi connectivity index (χ4n) is 1.79. The highest BCUT2D eigenvalue weighted by molar-refractivity contribution is 7.86. The van der Waals surface area contributed by atoms with Crippen molar-refractivity contribution < 1.29 is 30.9 Å². The molecule has 0 aromatic rings. The minimum Gasteiger partial charge on any atom is -0.741 e. The van der Waals surface area contributed by atoms with Gasteiger partial charge in [-0.2, -0.15) is 13.2 Å². The van der Waals surface area contributed by atoms with Gasteiger partial charge in [-0.15, -0.1) is 0 Å². The zero-order valence-corrected chi connectivity index (χ0v) is 13.2. The van der Waals surface area contributed by atoms with Crippen LogP contribution in [-0.4, -0.2) is 35.3 Å². The van der Waals surface area contributed by atoms with Gasteiger partial charge in [0.2, 0.25) is 0 Å². The van der Waals surface area contributed by atoms with Crippen LogP contribution in [0, 0.1) is 5.41 Å².